The zero-order chi connectivity index (χ0) is 36.0. The van der Waals surface area contributed by atoms with E-state index in [0.29, 0.717) is 5.56 Å². The van der Waals surface area contributed by atoms with Crippen LogP contribution in [0.4, 0.5) is 4.79 Å². The Bertz CT molecular complexity index is 1390. The van der Waals surface area contributed by atoms with E-state index in [-0.39, 0.29) is 31.3 Å². The maximum absolute atomic E-state index is 13.5. The molecule has 12 nitrogen and oxygen atoms in total. The molecule has 4 amide bonds. The predicted molar refractivity (Wildman–Crippen MR) is 180 cm³/mol. The fourth-order valence-corrected chi connectivity index (χ4v) is 4.64. The van der Waals surface area contributed by atoms with Crippen molar-refractivity contribution in [2.75, 3.05) is 0 Å². The van der Waals surface area contributed by atoms with E-state index in [1.54, 1.807) is 96.1 Å². The number of hydrogen-bond acceptors (Lipinski definition) is 8. The quantitative estimate of drug-likeness (QED) is 0.153. The largest absolute Gasteiger partial charge is 0.458 e. The van der Waals surface area contributed by atoms with Crippen LogP contribution >= 0.6 is 0 Å². The van der Waals surface area contributed by atoms with Gasteiger partial charge in [0.2, 0.25) is 17.6 Å². The van der Waals surface area contributed by atoms with E-state index < -0.39 is 65.3 Å². The molecule has 0 radical (unpaired) electrons. The van der Waals surface area contributed by atoms with Crippen molar-refractivity contribution in [1.82, 2.24) is 21.3 Å². The maximum atomic E-state index is 13.5. The molecule has 0 saturated carbocycles. The second-order valence-corrected chi connectivity index (χ2v) is 13.3. The summed E-state index contributed by atoms with van der Waals surface area (Å²) in [6.45, 7) is 13.9. The third kappa shape index (κ3) is 13.2. The number of ether oxygens (including phenoxy) is 2. The monoisotopic (exact) mass is 666 g/mol. The molecule has 0 bridgehead atoms. The lowest BCUT2D eigenvalue weighted by atomic mass is 9.99. The van der Waals surface area contributed by atoms with E-state index >= 15 is 0 Å². The number of esters is 1. The van der Waals surface area contributed by atoms with Crippen LogP contribution in [0.3, 0.4) is 0 Å². The van der Waals surface area contributed by atoms with Crippen LogP contribution < -0.4 is 21.3 Å². The SMILES string of the molecule is CCC(NC(=O)[C@@H](NC(=O)OCc1ccccc1)c1ccccc1)C(=O)C(=O)N[C@H](CC(C)C)C(=O)N[C@H](C(=O)OC(C)(C)C)C(C)C. The number of Topliss-reactive ketones (excluding diaryl/α,β-unsaturated/α-hetero) is 1. The average molecular weight is 667 g/mol. The van der Waals surface area contributed by atoms with Gasteiger partial charge in [-0.1, -0.05) is 95.3 Å². The molecule has 0 fully saturated rings. The van der Waals surface area contributed by atoms with Gasteiger partial charge in [0.15, 0.2) is 0 Å². The summed E-state index contributed by atoms with van der Waals surface area (Å²) >= 11 is 0. The van der Waals surface area contributed by atoms with Gasteiger partial charge < -0.3 is 30.7 Å². The summed E-state index contributed by atoms with van der Waals surface area (Å²) in [6.07, 6.45) is -0.626. The Kier molecular flexibility index (Phi) is 15.2. The Morgan fingerprint density at radius 3 is 1.83 bits per heavy atom. The van der Waals surface area contributed by atoms with Crippen molar-refractivity contribution in [3.05, 3.63) is 71.8 Å². The van der Waals surface area contributed by atoms with Gasteiger partial charge in [0.25, 0.3) is 5.91 Å². The molecule has 2 aromatic rings. The van der Waals surface area contributed by atoms with Gasteiger partial charge in [-0.3, -0.25) is 19.2 Å². The van der Waals surface area contributed by atoms with Crippen LogP contribution in [0.1, 0.15) is 85.4 Å². The first-order valence-electron chi connectivity index (χ1n) is 16.2. The Morgan fingerprint density at radius 1 is 0.729 bits per heavy atom. The zero-order valence-electron chi connectivity index (χ0n) is 29.1. The zero-order valence-corrected chi connectivity index (χ0v) is 29.1. The van der Waals surface area contributed by atoms with Crippen LogP contribution in [0.15, 0.2) is 60.7 Å². The summed E-state index contributed by atoms with van der Waals surface area (Å²) in [5.74, 6) is -4.42. The van der Waals surface area contributed by atoms with Crippen molar-refractivity contribution in [2.24, 2.45) is 11.8 Å². The smallest absolute Gasteiger partial charge is 0.408 e. The number of hydrogen-bond donors (Lipinski definition) is 4. The summed E-state index contributed by atoms with van der Waals surface area (Å²) < 4.78 is 10.8. The van der Waals surface area contributed by atoms with Gasteiger partial charge in [-0.05, 0) is 56.6 Å². The van der Waals surface area contributed by atoms with Crippen molar-refractivity contribution in [3.8, 4) is 0 Å². The number of ketones is 1. The molecular formula is C36H50N4O8. The molecule has 262 valence electrons. The van der Waals surface area contributed by atoms with Gasteiger partial charge in [0, 0.05) is 0 Å². The Hall–Kier alpha value is -4.74. The lowest BCUT2D eigenvalue weighted by Crippen LogP contribution is -2.57. The highest BCUT2D eigenvalue weighted by Crippen LogP contribution is 2.16. The van der Waals surface area contributed by atoms with E-state index in [1.165, 1.54) is 0 Å². The van der Waals surface area contributed by atoms with Crippen molar-refractivity contribution in [2.45, 2.75) is 105 Å². The van der Waals surface area contributed by atoms with Crippen LogP contribution in [-0.4, -0.2) is 59.3 Å². The van der Waals surface area contributed by atoms with E-state index in [4.69, 9.17) is 9.47 Å². The summed E-state index contributed by atoms with van der Waals surface area (Å²) in [5.41, 5.74) is 0.408. The summed E-state index contributed by atoms with van der Waals surface area (Å²) in [4.78, 5) is 78.9. The number of alkyl carbamates (subject to hydrolysis) is 1. The highest BCUT2D eigenvalue weighted by molar-refractivity contribution is 6.38. The molecule has 0 aromatic heterocycles. The molecule has 0 aliphatic carbocycles. The molecule has 0 aliphatic heterocycles. The first-order valence-corrected chi connectivity index (χ1v) is 16.2. The molecule has 4 N–H and O–H groups in total. The summed E-state index contributed by atoms with van der Waals surface area (Å²) in [7, 11) is 0. The van der Waals surface area contributed by atoms with Crippen molar-refractivity contribution in [1.29, 1.82) is 0 Å². The second kappa shape index (κ2) is 18.6. The topological polar surface area (TPSA) is 169 Å². The molecule has 48 heavy (non-hydrogen) atoms. The summed E-state index contributed by atoms with van der Waals surface area (Å²) in [6, 6.07) is 12.8. The van der Waals surface area contributed by atoms with E-state index in [2.05, 4.69) is 21.3 Å². The second-order valence-electron chi connectivity index (χ2n) is 13.3. The van der Waals surface area contributed by atoms with E-state index in [1.807, 2.05) is 19.9 Å². The van der Waals surface area contributed by atoms with Gasteiger partial charge in [-0.2, -0.15) is 0 Å². The third-order valence-electron chi connectivity index (χ3n) is 7.09. The highest BCUT2D eigenvalue weighted by atomic mass is 16.6. The molecule has 2 aromatic carbocycles. The van der Waals surface area contributed by atoms with Crippen LogP contribution in [0, 0.1) is 11.8 Å². The van der Waals surface area contributed by atoms with E-state index in [9.17, 15) is 28.8 Å². The molecule has 4 atom stereocenters. The van der Waals surface area contributed by atoms with Crippen LogP contribution in [0.5, 0.6) is 0 Å². The molecule has 12 heteroatoms. The van der Waals surface area contributed by atoms with E-state index in [0.717, 1.165) is 5.56 Å². The number of carbonyl (C=O) groups excluding carboxylic acids is 6. The number of amides is 4. The van der Waals surface area contributed by atoms with Crippen LogP contribution in [0.25, 0.3) is 0 Å². The fraction of sp³-hybridized carbons (Fsp3) is 0.500. The summed E-state index contributed by atoms with van der Waals surface area (Å²) in [5, 5.41) is 10.3. The van der Waals surface area contributed by atoms with Crippen LogP contribution in [-0.2, 0) is 40.1 Å². The number of nitrogens with one attached hydrogen (secondary N) is 4. The van der Waals surface area contributed by atoms with Crippen molar-refractivity contribution >= 4 is 35.6 Å². The van der Waals surface area contributed by atoms with Gasteiger partial charge in [0.05, 0.1) is 6.04 Å². The van der Waals surface area contributed by atoms with Gasteiger partial charge in [0.1, 0.15) is 30.3 Å². The molecule has 0 spiro atoms. The molecule has 2 rings (SSSR count). The van der Waals surface area contributed by atoms with Crippen molar-refractivity contribution < 1.29 is 38.2 Å². The van der Waals surface area contributed by atoms with Crippen molar-refractivity contribution in [3.63, 3.8) is 0 Å². The lowest BCUT2D eigenvalue weighted by molar-refractivity contribution is -0.160. The van der Waals surface area contributed by atoms with Gasteiger partial charge in [-0.25, -0.2) is 9.59 Å². The molecular weight excluding hydrogens is 616 g/mol. The number of rotatable bonds is 16. The minimum Gasteiger partial charge on any atom is -0.458 e. The number of carbonyl (C=O) groups is 6. The Labute approximate surface area is 283 Å². The first kappa shape index (κ1) is 39.4. The predicted octanol–water partition coefficient (Wildman–Crippen LogP) is 4.13. The molecule has 0 saturated heterocycles. The molecule has 0 heterocycles. The van der Waals surface area contributed by atoms with Gasteiger partial charge in [-0.15, -0.1) is 0 Å². The Morgan fingerprint density at radius 2 is 1.31 bits per heavy atom. The minimum absolute atomic E-state index is 0.0210. The number of benzene rings is 2. The normalized spacial score (nSPS) is 13.8. The third-order valence-corrected chi connectivity index (χ3v) is 7.09. The lowest BCUT2D eigenvalue weighted by Gasteiger charge is -2.28. The minimum atomic E-state index is -1.27. The Balaban J connectivity index is 2.17. The van der Waals surface area contributed by atoms with Crippen LogP contribution in [0.2, 0.25) is 0 Å². The fourth-order valence-electron chi connectivity index (χ4n) is 4.64. The molecule has 0 aliphatic rings. The average Bonchev–Trinajstić information content (AvgIpc) is 3.02. The first-order chi connectivity index (χ1) is 22.5. The standard InChI is InChI=1S/C36H50N4O8/c1-9-26(37-32(43)29(25-18-14-11-15-19-25)40-35(46)47-21-24-16-12-10-13-17-24)30(41)33(44)38-27(20-22(2)3)31(42)39-28(23(4)5)34(45)48-36(6,7)8/h10-19,22-23,26-29H,9,20-21H2,1-8H3,(H,37,43)(H,38,44)(H,39,42)(H,40,46)/t26?,27-,28+,29+/m1/s1. The van der Waals surface area contributed by atoms with Gasteiger partial charge >= 0.3 is 12.1 Å². The highest BCUT2D eigenvalue weighted by Gasteiger charge is 2.35. The maximum Gasteiger partial charge on any atom is 0.408 e. The molecule has 1 unspecified atom stereocenters.